The van der Waals surface area contributed by atoms with Gasteiger partial charge in [0.15, 0.2) is 0 Å². The van der Waals surface area contributed by atoms with Gasteiger partial charge in [-0.15, -0.1) is 11.3 Å². The molecule has 150 valence electrons. The number of rotatable bonds is 7. The first-order chi connectivity index (χ1) is 13.6. The number of fused-ring (bicyclic) bond motifs is 1. The third kappa shape index (κ3) is 4.55. The first kappa shape index (κ1) is 19.4. The molecule has 4 rings (SSSR count). The number of hydrogen-bond acceptors (Lipinski definition) is 5. The molecule has 1 aromatic carbocycles. The number of aromatic nitrogens is 1. The van der Waals surface area contributed by atoms with Gasteiger partial charge in [-0.1, -0.05) is 0 Å². The molecule has 1 aliphatic carbocycles. The molecule has 28 heavy (non-hydrogen) atoms. The number of amides is 1. The number of nitrogens with one attached hydrogen (secondary N) is 1. The molecule has 2 atom stereocenters. The molecule has 2 aromatic rings. The zero-order chi connectivity index (χ0) is 19.5. The van der Waals surface area contributed by atoms with Crippen molar-refractivity contribution in [3.8, 4) is 16.3 Å². The third-order valence-corrected chi connectivity index (χ3v) is 6.88. The molecular weight excluding hydrogens is 370 g/mol. The maximum atomic E-state index is 11.2. The topological polar surface area (TPSA) is 54.5 Å². The summed E-state index contributed by atoms with van der Waals surface area (Å²) < 4.78 is 5.92. The Labute approximate surface area is 171 Å². The van der Waals surface area contributed by atoms with Gasteiger partial charge in [-0.2, -0.15) is 0 Å². The van der Waals surface area contributed by atoms with E-state index in [9.17, 15) is 4.79 Å². The van der Waals surface area contributed by atoms with Crippen molar-refractivity contribution in [2.75, 3.05) is 19.7 Å². The minimum atomic E-state index is 0.0332. The minimum Gasteiger partial charge on any atom is -0.494 e. The summed E-state index contributed by atoms with van der Waals surface area (Å²) in [6.07, 6.45) is 5.46. The monoisotopic (exact) mass is 399 g/mol. The molecule has 0 radical (unpaired) electrons. The number of carbonyl (C=O) groups excluding carboxylic acids is 1. The summed E-state index contributed by atoms with van der Waals surface area (Å²) >= 11 is 1.74. The fourth-order valence-corrected chi connectivity index (χ4v) is 5.40. The van der Waals surface area contributed by atoms with Gasteiger partial charge < -0.3 is 15.0 Å². The molecule has 6 heteroatoms. The van der Waals surface area contributed by atoms with Gasteiger partial charge in [0.25, 0.3) is 0 Å². The van der Waals surface area contributed by atoms with Crippen LogP contribution in [-0.4, -0.2) is 47.6 Å². The molecule has 2 unspecified atom stereocenters. The van der Waals surface area contributed by atoms with Crippen molar-refractivity contribution >= 4 is 17.2 Å². The fourth-order valence-electron chi connectivity index (χ4n) is 4.22. The Kier molecular flexibility index (Phi) is 5.97. The van der Waals surface area contributed by atoms with Crippen LogP contribution in [0, 0.1) is 0 Å². The molecule has 1 fully saturated rings. The Morgan fingerprint density at radius 2 is 2.14 bits per heavy atom. The summed E-state index contributed by atoms with van der Waals surface area (Å²) in [7, 11) is 0. The van der Waals surface area contributed by atoms with Crippen LogP contribution < -0.4 is 10.1 Å². The number of hydrogen-bond donors (Lipinski definition) is 1. The number of ether oxygens (including phenoxy) is 1. The van der Waals surface area contributed by atoms with Crippen molar-refractivity contribution in [1.29, 1.82) is 0 Å². The van der Waals surface area contributed by atoms with Gasteiger partial charge in [-0.05, 0) is 57.0 Å². The third-order valence-electron chi connectivity index (χ3n) is 5.71. The standard InChI is InChI=1S/C22H29N3O2S/c1-15-5-3-10-25(15)11-4-12-27-19-8-6-17(7-9-19)22-24-20-13-18(23-16(2)26)14-21(20)28-22/h6-9,15,18H,3-5,10-14H2,1-2H3,(H,23,26). The summed E-state index contributed by atoms with van der Waals surface area (Å²) in [4.78, 5) is 19.9. The van der Waals surface area contributed by atoms with E-state index >= 15 is 0 Å². The Balaban J connectivity index is 1.27. The van der Waals surface area contributed by atoms with Gasteiger partial charge in [0, 0.05) is 48.8 Å². The number of carbonyl (C=O) groups is 1. The normalized spacial score (nSPS) is 21.6. The number of thiazole rings is 1. The van der Waals surface area contributed by atoms with Gasteiger partial charge >= 0.3 is 0 Å². The fraction of sp³-hybridized carbons (Fsp3) is 0.545. The molecule has 0 bridgehead atoms. The highest BCUT2D eigenvalue weighted by Crippen LogP contribution is 2.34. The van der Waals surface area contributed by atoms with Gasteiger partial charge in [-0.3, -0.25) is 4.79 Å². The van der Waals surface area contributed by atoms with Crippen LogP contribution in [0.1, 0.15) is 43.7 Å². The lowest BCUT2D eigenvalue weighted by Crippen LogP contribution is -2.33. The van der Waals surface area contributed by atoms with E-state index < -0.39 is 0 Å². The largest absolute Gasteiger partial charge is 0.494 e. The summed E-state index contributed by atoms with van der Waals surface area (Å²) in [5.74, 6) is 0.957. The van der Waals surface area contributed by atoms with Crippen molar-refractivity contribution in [1.82, 2.24) is 15.2 Å². The van der Waals surface area contributed by atoms with E-state index in [-0.39, 0.29) is 11.9 Å². The average Bonchev–Trinajstić information content (AvgIpc) is 3.34. The summed E-state index contributed by atoms with van der Waals surface area (Å²) in [6.45, 7) is 7.02. The van der Waals surface area contributed by atoms with Crippen molar-refractivity contribution in [3.05, 3.63) is 34.8 Å². The second-order valence-corrected chi connectivity index (χ2v) is 9.03. The molecule has 1 aliphatic heterocycles. The quantitative estimate of drug-likeness (QED) is 0.722. The van der Waals surface area contributed by atoms with Crippen molar-refractivity contribution < 1.29 is 9.53 Å². The second-order valence-electron chi connectivity index (χ2n) is 7.95. The van der Waals surface area contributed by atoms with Crippen LogP contribution in [0.15, 0.2) is 24.3 Å². The number of nitrogens with zero attached hydrogens (tertiary/aromatic N) is 2. The van der Waals surface area contributed by atoms with Gasteiger partial charge in [0.05, 0.1) is 12.3 Å². The first-order valence-electron chi connectivity index (χ1n) is 10.3. The van der Waals surface area contributed by atoms with Crippen LogP contribution in [0.25, 0.3) is 10.6 Å². The molecule has 0 saturated carbocycles. The van der Waals surface area contributed by atoms with Crippen LogP contribution >= 0.6 is 11.3 Å². The van der Waals surface area contributed by atoms with Crippen molar-refractivity contribution in [2.24, 2.45) is 0 Å². The molecule has 1 amide bonds. The Morgan fingerprint density at radius 1 is 1.32 bits per heavy atom. The van der Waals surface area contributed by atoms with E-state index in [1.165, 1.54) is 24.3 Å². The van der Waals surface area contributed by atoms with Crippen LogP contribution in [0.2, 0.25) is 0 Å². The smallest absolute Gasteiger partial charge is 0.217 e. The van der Waals surface area contributed by atoms with Gasteiger partial charge in [0.1, 0.15) is 10.8 Å². The average molecular weight is 400 g/mol. The first-order valence-corrected chi connectivity index (χ1v) is 11.1. The van der Waals surface area contributed by atoms with E-state index in [0.717, 1.165) is 60.5 Å². The second kappa shape index (κ2) is 8.62. The number of likely N-dealkylation sites (tertiary alicyclic amines) is 1. The van der Waals surface area contributed by atoms with Crippen LogP contribution in [-0.2, 0) is 17.6 Å². The Bertz CT molecular complexity index is 794. The molecule has 1 aromatic heterocycles. The van der Waals surface area contributed by atoms with Gasteiger partial charge in [0.2, 0.25) is 5.91 Å². The van der Waals surface area contributed by atoms with E-state index in [0.29, 0.717) is 0 Å². The van der Waals surface area contributed by atoms with Gasteiger partial charge in [-0.25, -0.2) is 4.98 Å². The molecule has 2 aliphatic rings. The lowest BCUT2D eigenvalue weighted by molar-refractivity contribution is -0.119. The maximum Gasteiger partial charge on any atom is 0.217 e. The zero-order valence-corrected chi connectivity index (χ0v) is 17.6. The summed E-state index contributed by atoms with van der Waals surface area (Å²) in [6, 6.07) is 9.21. The molecule has 0 spiro atoms. The molecule has 5 nitrogen and oxygen atoms in total. The van der Waals surface area contributed by atoms with E-state index in [1.54, 1.807) is 18.3 Å². The predicted octanol–water partition coefficient (Wildman–Crippen LogP) is 3.67. The minimum absolute atomic E-state index is 0.0332. The lowest BCUT2D eigenvalue weighted by atomic mass is 10.2. The van der Waals surface area contributed by atoms with E-state index in [2.05, 4.69) is 29.3 Å². The van der Waals surface area contributed by atoms with E-state index in [4.69, 9.17) is 9.72 Å². The van der Waals surface area contributed by atoms with Crippen molar-refractivity contribution in [2.45, 2.75) is 58.0 Å². The van der Waals surface area contributed by atoms with E-state index in [1.807, 2.05) is 12.1 Å². The van der Waals surface area contributed by atoms with Crippen molar-refractivity contribution in [3.63, 3.8) is 0 Å². The maximum absolute atomic E-state index is 11.2. The zero-order valence-electron chi connectivity index (χ0n) is 16.7. The molecule has 2 heterocycles. The summed E-state index contributed by atoms with van der Waals surface area (Å²) in [5, 5.41) is 4.05. The Morgan fingerprint density at radius 3 is 2.82 bits per heavy atom. The molecule has 1 saturated heterocycles. The highest BCUT2D eigenvalue weighted by molar-refractivity contribution is 7.15. The summed E-state index contributed by atoms with van der Waals surface area (Å²) in [5.41, 5.74) is 2.27. The SMILES string of the molecule is CC(=O)NC1Cc2nc(-c3ccc(OCCCN4CCCC4C)cc3)sc2C1. The molecule has 1 N–H and O–H groups in total. The van der Waals surface area contributed by atoms with Crippen LogP contribution in [0.3, 0.4) is 0 Å². The number of benzene rings is 1. The predicted molar refractivity (Wildman–Crippen MR) is 113 cm³/mol. The Hall–Kier alpha value is -1.92. The lowest BCUT2D eigenvalue weighted by Gasteiger charge is -2.20. The van der Waals surface area contributed by atoms with Crippen LogP contribution in [0.4, 0.5) is 0 Å². The highest BCUT2D eigenvalue weighted by Gasteiger charge is 2.26. The highest BCUT2D eigenvalue weighted by atomic mass is 32.1. The molecular formula is C22H29N3O2S. The van der Waals surface area contributed by atoms with Crippen LogP contribution in [0.5, 0.6) is 5.75 Å².